The first kappa shape index (κ1) is 15.2. The first-order chi connectivity index (χ1) is 10.4. The van der Waals surface area contributed by atoms with Gasteiger partial charge in [-0.15, -0.1) is 0 Å². The number of carbonyl (C=O) groups excluding carboxylic acids is 1. The lowest BCUT2D eigenvalue weighted by Gasteiger charge is -2.61. The molecule has 0 aliphatic heterocycles. The average molecular weight is 304 g/mol. The molecule has 1 N–H and O–H groups in total. The van der Waals surface area contributed by atoms with Gasteiger partial charge in [-0.1, -0.05) is 20.8 Å². The van der Waals surface area contributed by atoms with Crippen LogP contribution in [-0.4, -0.2) is 17.0 Å². The molecule has 0 bridgehead atoms. The monoisotopic (exact) mass is 304 g/mol. The summed E-state index contributed by atoms with van der Waals surface area (Å²) >= 11 is 0. The second-order valence-corrected chi connectivity index (χ2v) is 9.36. The smallest absolute Gasteiger partial charge is 0.133 e. The highest BCUT2D eigenvalue weighted by Gasteiger charge is 2.59. The van der Waals surface area contributed by atoms with Crippen LogP contribution in [0.2, 0.25) is 0 Å². The SMILES string of the molecule is C[C@@H]1C[C@@H]2[C@@H](CC[C@H]3CC(=O)C[C@H](C)[C@@]32C)[C@@H]2CC[C@H](O)[C@H]21. The van der Waals surface area contributed by atoms with Crippen LogP contribution in [0.4, 0.5) is 0 Å². The van der Waals surface area contributed by atoms with Gasteiger partial charge >= 0.3 is 0 Å². The van der Waals surface area contributed by atoms with Crippen molar-refractivity contribution in [1.29, 1.82) is 0 Å². The quantitative estimate of drug-likeness (QED) is 0.733. The van der Waals surface area contributed by atoms with Crippen LogP contribution in [0.1, 0.15) is 65.7 Å². The van der Waals surface area contributed by atoms with Crippen LogP contribution >= 0.6 is 0 Å². The molecule has 0 heterocycles. The predicted octanol–water partition coefficient (Wildman–Crippen LogP) is 4.06. The Morgan fingerprint density at radius 3 is 2.55 bits per heavy atom. The van der Waals surface area contributed by atoms with Crippen molar-refractivity contribution in [2.75, 3.05) is 0 Å². The molecule has 2 heteroatoms. The molecule has 0 saturated heterocycles. The Balaban J connectivity index is 1.68. The van der Waals surface area contributed by atoms with E-state index in [1.165, 1.54) is 25.7 Å². The fraction of sp³-hybridized carbons (Fsp3) is 0.950. The number of Topliss-reactive ketones (excluding diaryl/α,β-unsaturated/α-hetero) is 1. The van der Waals surface area contributed by atoms with Crippen LogP contribution < -0.4 is 0 Å². The van der Waals surface area contributed by atoms with Crippen molar-refractivity contribution >= 4 is 5.78 Å². The molecular weight excluding hydrogens is 272 g/mol. The zero-order valence-corrected chi connectivity index (χ0v) is 14.4. The van der Waals surface area contributed by atoms with Crippen molar-refractivity contribution in [2.24, 2.45) is 46.8 Å². The van der Waals surface area contributed by atoms with Crippen molar-refractivity contribution in [1.82, 2.24) is 0 Å². The summed E-state index contributed by atoms with van der Waals surface area (Å²) in [5.41, 5.74) is 0.365. The average Bonchev–Trinajstić information content (AvgIpc) is 2.84. The molecule has 2 nitrogen and oxygen atoms in total. The second-order valence-electron chi connectivity index (χ2n) is 9.36. The number of fused-ring (bicyclic) bond motifs is 5. The minimum atomic E-state index is -0.0446. The maximum absolute atomic E-state index is 12.1. The first-order valence-corrected chi connectivity index (χ1v) is 9.62. The third-order valence-electron chi connectivity index (χ3n) is 8.68. The van der Waals surface area contributed by atoms with E-state index in [1.807, 2.05) is 0 Å². The molecule has 0 aromatic carbocycles. The van der Waals surface area contributed by atoms with Gasteiger partial charge in [0.05, 0.1) is 6.10 Å². The maximum Gasteiger partial charge on any atom is 0.133 e. The largest absolute Gasteiger partial charge is 0.393 e. The number of aliphatic hydroxyl groups is 1. The van der Waals surface area contributed by atoms with Gasteiger partial charge in [-0.2, -0.15) is 0 Å². The Labute approximate surface area is 135 Å². The lowest BCUT2D eigenvalue weighted by molar-refractivity contribution is -0.151. The van der Waals surface area contributed by atoms with Gasteiger partial charge in [0, 0.05) is 12.8 Å². The topological polar surface area (TPSA) is 37.3 Å². The van der Waals surface area contributed by atoms with Crippen molar-refractivity contribution < 1.29 is 9.90 Å². The molecule has 0 unspecified atom stereocenters. The van der Waals surface area contributed by atoms with Crippen LogP contribution in [0.15, 0.2) is 0 Å². The second kappa shape index (κ2) is 5.06. The number of ketones is 1. The molecule has 0 radical (unpaired) electrons. The molecule has 4 fully saturated rings. The molecule has 9 atom stereocenters. The molecule has 0 aromatic rings. The van der Waals surface area contributed by atoms with Crippen LogP contribution in [0.3, 0.4) is 0 Å². The van der Waals surface area contributed by atoms with Crippen molar-refractivity contribution in [3.8, 4) is 0 Å². The summed E-state index contributed by atoms with van der Waals surface area (Å²) in [5, 5.41) is 10.4. The fourth-order valence-electron chi connectivity index (χ4n) is 7.51. The lowest BCUT2D eigenvalue weighted by Crippen LogP contribution is -2.56. The van der Waals surface area contributed by atoms with E-state index in [-0.39, 0.29) is 6.10 Å². The lowest BCUT2D eigenvalue weighted by atomic mass is 9.43. The van der Waals surface area contributed by atoms with Gasteiger partial charge in [0.25, 0.3) is 0 Å². The zero-order chi connectivity index (χ0) is 15.6. The van der Waals surface area contributed by atoms with E-state index in [9.17, 15) is 9.90 Å². The fourth-order valence-corrected chi connectivity index (χ4v) is 7.51. The molecular formula is C20H32O2. The Bertz CT molecular complexity index is 472. The van der Waals surface area contributed by atoms with E-state index in [1.54, 1.807) is 0 Å². The normalized spacial score (nSPS) is 57.9. The molecule has 0 aromatic heterocycles. The highest BCUT2D eigenvalue weighted by molar-refractivity contribution is 5.80. The summed E-state index contributed by atoms with van der Waals surface area (Å²) in [7, 11) is 0. The van der Waals surface area contributed by atoms with Gasteiger partial charge in [-0.05, 0) is 78.9 Å². The highest BCUT2D eigenvalue weighted by Crippen LogP contribution is 2.65. The highest BCUT2D eigenvalue weighted by atomic mass is 16.3. The van der Waals surface area contributed by atoms with E-state index >= 15 is 0 Å². The van der Waals surface area contributed by atoms with Gasteiger partial charge in [-0.3, -0.25) is 4.79 Å². The third kappa shape index (κ3) is 1.92. The molecule has 4 rings (SSSR count). The third-order valence-corrected chi connectivity index (χ3v) is 8.68. The Morgan fingerprint density at radius 1 is 1.05 bits per heavy atom. The minimum Gasteiger partial charge on any atom is -0.393 e. The summed E-state index contributed by atoms with van der Waals surface area (Å²) in [4.78, 5) is 12.1. The van der Waals surface area contributed by atoms with Crippen LogP contribution in [0.5, 0.6) is 0 Å². The number of hydrogen-bond acceptors (Lipinski definition) is 2. The number of hydrogen-bond donors (Lipinski definition) is 1. The molecule has 22 heavy (non-hydrogen) atoms. The molecule has 0 amide bonds. The van der Waals surface area contributed by atoms with Gasteiger partial charge < -0.3 is 5.11 Å². The van der Waals surface area contributed by atoms with Crippen molar-refractivity contribution in [3.63, 3.8) is 0 Å². The molecule has 4 aliphatic carbocycles. The van der Waals surface area contributed by atoms with Crippen molar-refractivity contribution in [3.05, 3.63) is 0 Å². The minimum absolute atomic E-state index is 0.0446. The van der Waals surface area contributed by atoms with E-state index in [4.69, 9.17) is 0 Å². The first-order valence-electron chi connectivity index (χ1n) is 9.62. The van der Waals surface area contributed by atoms with E-state index < -0.39 is 0 Å². The Kier molecular flexibility index (Phi) is 3.49. The summed E-state index contributed by atoms with van der Waals surface area (Å²) in [5.74, 6) is 5.25. The van der Waals surface area contributed by atoms with E-state index in [2.05, 4.69) is 20.8 Å². The van der Waals surface area contributed by atoms with Gasteiger partial charge in [0.1, 0.15) is 5.78 Å². The molecule has 124 valence electrons. The summed E-state index contributed by atoms with van der Waals surface area (Å²) in [6, 6.07) is 0. The molecule has 4 aliphatic rings. The Morgan fingerprint density at radius 2 is 1.77 bits per heavy atom. The molecule has 4 saturated carbocycles. The van der Waals surface area contributed by atoms with E-state index in [0.717, 1.165) is 37.0 Å². The van der Waals surface area contributed by atoms with Gasteiger partial charge in [-0.25, -0.2) is 0 Å². The van der Waals surface area contributed by atoms with Crippen LogP contribution in [0, 0.1) is 46.8 Å². The maximum atomic E-state index is 12.1. The predicted molar refractivity (Wildman–Crippen MR) is 87.2 cm³/mol. The summed E-state index contributed by atoms with van der Waals surface area (Å²) in [6.45, 7) is 7.24. The van der Waals surface area contributed by atoms with Crippen LogP contribution in [-0.2, 0) is 4.79 Å². The van der Waals surface area contributed by atoms with Crippen LogP contribution in [0.25, 0.3) is 0 Å². The number of rotatable bonds is 0. The Hall–Kier alpha value is -0.370. The summed E-state index contributed by atoms with van der Waals surface area (Å²) in [6.07, 6.45) is 7.72. The summed E-state index contributed by atoms with van der Waals surface area (Å²) < 4.78 is 0. The standard InChI is InChI=1S/C20H32O2/c1-11-8-17-15(16-6-7-18(22)19(11)16)5-4-13-10-14(21)9-12(2)20(13,17)3/h11-13,15-19,22H,4-10H2,1-3H3/t11-,12+,13+,15+,16+,17-,18+,19+,20+/m1/s1. The van der Waals surface area contributed by atoms with E-state index in [0.29, 0.717) is 34.9 Å². The number of carbonyl (C=O) groups is 1. The van der Waals surface area contributed by atoms with Crippen molar-refractivity contribution in [2.45, 2.75) is 71.8 Å². The zero-order valence-electron chi connectivity index (χ0n) is 14.4. The van der Waals surface area contributed by atoms with Gasteiger partial charge in [0.2, 0.25) is 0 Å². The molecule has 0 spiro atoms. The number of aliphatic hydroxyl groups excluding tert-OH is 1. The van der Waals surface area contributed by atoms with Gasteiger partial charge in [0.15, 0.2) is 0 Å².